The van der Waals surface area contributed by atoms with Crippen molar-refractivity contribution in [2.24, 2.45) is 11.8 Å². The summed E-state index contributed by atoms with van der Waals surface area (Å²) in [6, 6.07) is 16.2. The van der Waals surface area contributed by atoms with Crippen LogP contribution in [0, 0.1) is 17.0 Å². The monoisotopic (exact) mass is 545 g/mol. The van der Waals surface area contributed by atoms with E-state index in [1.807, 2.05) is 41.0 Å². The zero-order chi connectivity index (χ0) is 28.0. The lowest BCUT2D eigenvalue weighted by atomic mass is 9.70. The van der Waals surface area contributed by atoms with E-state index in [2.05, 4.69) is 10.2 Å². The Kier molecular flexibility index (Phi) is 6.89. The van der Waals surface area contributed by atoms with Crippen molar-refractivity contribution in [1.29, 1.82) is 0 Å². The maximum Gasteiger partial charge on any atom is 0.250 e. The molecule has 1 saturated heterocycles. The molecule has 3 aliphatic rings. The zero-order valence-electron chi connectivity index (χ0n) is 22.6. The first kappa shape index (κ1) is 26.2. The van der Waals surface area contributed by atoms with Gasteiger partial charge in [-0.05, 0) is 72.7 Å². The van der Waals surface area contributed by atoms with Crippen LogP contribution in [0.4, 0.5) is 11.4 Å². The van der Waals surface area contributed by atoms with E-state index in [0.717, 1.165) is 28.9 Å². The number of benzene rings is 2. The lowest BCUT2D eigenvalue weighted by Gasteiger charge is -2.54. The Morgan fingerprint density at radius 2 is 1.93 bits per heavy atom. The minimum Gasteiger partial charge on any atom is -0.733 e. The second kappa shape index (κ2) is 10.5. The summed E-state index contributed by atoms with van der Waals surface area (Å²) in [5, 5.41) is 24.2. The van der Waals surface area contributed by atoms with Crippen molar-refractivity contribution in [3.8, 4) is 11.5 Å². The first-order valence-electron chi connectivity index (χ1n) is 13.6. The summed E-state index contributed by atoms with van der Waals surface area (Å²) in [6.45, 7) is 1.69. The molecule has 1 fully saturated rings. The molecule has 1 amide bonds. The summed E-state index contributed by atoms with van der Waals surface area (Å²) in [6.07, 6.45) is 1.98. The highest BCUT2D eigenvalue weighted by Gasteiger charge is 2.49. The fraction of sp³-hybridized carbons (Fsp3) is 0.400. The molecular formula is C30H33N4O6-. The van der Waals surface area contributed by atoms with Crippen molar-refractivity contribution in [2.75, 3.05) is 37.4 Å². The average molecular weight is 546 g/mol. The molecule has 2 bridgehead atoms. The van der Waals surface area contributed by atoms with Gasteiger partial charge in [-0.2, -0.15) is 0 Å². The van der Waals surface area contributed by atoms with Crippen molar-refractivity contribution >= 4 is 17.3 Å². The van der Waals surface area contributed by atoms with Crippen LogP contribution >= 0.6 is 0 Å². The highest BCUT2D eigenvalue weighted by atomic mass is 16.8. The standard InChI is InChI=1S/C30H33N4O6/c1-39-26-9-6-18(12-27(26)40-2)10-11-31-30(36)23-15-19-14-22(34(37)38)7-8-25(19)33-16-20-13-21(29(23)33)17-32-24(20)4-3-5-28(32)35/h3-9,12,14,20-21,23,29,37H,10-11,13,15-17H2,1-2H3,(H,31,36)/q-1/t20?,21?,23-,29+/m1/s1. The minimum absolute atomic E-state index is 0.00379. The summed E-state index contributed by atoms with van der Waals surface area (Å²) in [5.74, 6) is 1.14. The van der Waals surface area contributed by atoms with Gasteiger partial charge in [0.25, 0.3) is 5.56 Å². The molecule has 0 spiro atoms. The number of hydrogen-bond acceptors (Lipinski definition) is 8. The fourth-order valence-corrected chi connectivity index (χ4v) is 6.95. The molecule has 3 aliphatic heterocycles. The van der Waals surface area contributed by atoms with E-state index in [1.54, 1.807) is 32.4 Å². The van der Waals surface area contributed by atoms with E-state index in [4.69, 9.17) is 9.47 Å². The molecule has 0 radical (unpaired) electrons. The molecule has 4 atom stereocenters. The molecule has 6 rings (SSSR count). The molecule has 0 saturated carbocycles. The van der Waals surface area contributed by atoms with Crippen molar-refractivity contribution in [3.05, 3.63) is 87.0 Å². The normalized spacial score (nSPS) is 22.4. The van der Waals surface area contributed by atoms with Crippen LogP contribution in [0.5, 0.6) is 11.5 Å². The lowest BCUT2D eigenvalue weighted by Crippen LogP contribution is -2.61. The molecule has 0 aliphatic carbocycles. The molecule has 3 aromatic rings. The molecule has 10 heteroatoms. The highest BCUT2D eigenvalue weighted by molar-refractivity contribution is 5.82. The van der Waals surface area contributed by atoms with Crippen molar-refractivity contribution in [1.82, 2.24) is 9.88 Å². The third-order valence-corrected chi connectivity index (χ3v) is 8.71. The number of pyridine rings is 1. The number of fused-ring (bicyclic) bond motifs is 8. The highest BCUT2D eigenvalue weighted by Crippen LogP contribution is 2.47. The van der Waals surface area contributed by atoms with Gasteiger partial charge in [-0.1, -0.05) is 12.1 Å². The van der Waals surface area contributed by atoms with E-state index in [1.165, 1.54) is 0 Å². The van der Waals surface area contributed by atoms with Crippen LogP contribution in [0.15, 0.2) is 59.4 Å². The Morgan fingerprint density at radius 3 is 2.70 bits per heavy atom. The SMILES string of the molecule is COc1ccc(CCNC(=O)[C@@H]2Cc3cc(N([O-])O)ccc3N3CC4CC(Cn5c4cccc5=O)[C@@H]23)cc1OC. The largest absolute Gasteiger partial charge is 0.733 e. The number of methoxy groups -OCH3 is 2. The van der Waals surface area contributed by atoms with Crippen LogP contribution in [-0.2, 0) is 24.2 Å². The minimum atomic E-state index is -0.376. The fourth-order valence-electron chi connectivity index (χ4n) is 6.95. The number of aromatic nitrogens is 1. The topological polar surface area (TPSA) is 119 Å². The molecule has 1 aromatic heterocycles. The van der Waals surface area contributed by atoms with Crippen molar-refractivity contribution in [3.63, 3.8) is 0 Å². The number of anilines is 2. The third kappa shape index (κ3) is 4.56. The van der Waals surface area contributed by atoms with E-state index in [0.29, 0.717) is 44.0 Å². The number of rotatable bonds is 7. The Labute approximate surface area is 232 Å². The summed E-state index contributed by atoms with van der Waals surface area (Å²) in [7, 11) is 3.19. The first-order chi connectivity index (χ1) is 19.4. The van der Waals surface area contributed by atoms with Gasteiger partial charge >= 0.3 is 0 Å². The molecule has 210 valence electrons. The quantitative estimate of drug-likeness (QED) is 0.435. The molecule has 2 unspecified atom stereocenters. The number of carbonyl (C=O) groups excluding carboxylic acids is 1. The van der Waals surface area contributed by atoms with Crippen LogP contribution in [0.3, 0.4) is 0 Å². The number of piperidine rings is 1. The van der Waals surface area contributed by atoms with Gasteiger partial charge in [0.1, 0.15) is 0 Å². The lowest BCUT2D eigenvalue weighted by molar-refractivity contribution is -0.126. The summed E-state index contributed by atoms with van der Waals surface area (Å²) in [4.78, 5) is 28.8. The molecule has 4 heterocycles. The smallest absolute Gasteiger partial charge is 0.250 e. The second-order valence-electron chi connectivity index (χ2n) is 10.9. The maximum atomic E-state index is 13.8. The number of nitrogens with zero attached hydrogens (tertiary/aromatic N) is 3. The number of amides is 1. The predicted octanol–water partition coefficient (Wildman–Crippen LogP) is 3.08. The second-order valence-corrected chi connectivity index (χ2v) is 10.9. The van der Waals surface area contributed by atoms with Gasteiger partial charge in [0.2, 0.25) is 5.91 Å². The maximum absolute atomic E-state index is 13.8. The predicted molar refractivity (Wildman–Crippen MR) is 150 cm³/mol. The third-order valence-electron chi connectivity index (χ3n) is 8.71. The van der Waals surface area contributed by atoms with Crippen molar-refractivity contribution in [2.45, 2.75) is 37.8 Å². The molecule has 2 N–H and O–H groups in total. The Bertz CT molecular complexity index is 1490. The van der Waals surface area contributed by atoms with E-state index < -0.39 is 0 Å². The van der Waals surface area contributed by atoms with Gasteiger partial charge in [-0.15, -0.1) is 0 Å². The van der Waals surface area contributed by atoms with Gasteiger partial charge < -0.3 is 34.7 Å². The van der Waals surface area contributed by atoms with E-state index in [9.17, 15) is 20.0 Å². The van der Waals surface area contributed by atoms with Gasteiger partial charge in [0, 0.05) is 49.0 Å². The molecule has 40 heavy (non-hydrogen) atoms. The number of carbonyl (C=O) groups is 1. The summed E-state index contributed by atoms with van der Waals surface area (Å²) in [5.41, 5.74) is 4.01. The Balaban J connectivity index is 1.27. The molecular weight excluding hydrogens is 512 g/mol. The molecule has 2 aromatic carbocycles. The van der Waals surface area contributed by atoms with Crippen LogP contribution in [0.1, 0.15) is 29.2 Å². The van der Waals surface area contributed by atoms with Crippen molar-refractivity contribution < 1.29 is 19.5 Å². The van der Waals surface area contributed by atoms with Gasteiger partial charge in [-0.25, -0.2) is 0 Å². The average Bonchev–Trinajstić information content (AvgIpc) is 2.96. The number of ether oxygens (including phenoxy) is 2. The zero-order valence-corrected chi connectivity index (χ0v) is 22.6. The number of hydrogen-bond donors (Lipinski definition) is 2. The van der Waals surface area contributed by atoms with Crippen LogP contribution in [-0.4, -0.2) is 49.0 Å². The number of nitrogens with one attached hydrogen (secondary N) is 1. The van der Waals surface area contributed by atoms with Gasteiger partial charge in [0.05, 0.1) is 25.8 Å². The van der Waals surface area contributed by atoms with Crippen LogP contribution < -0.4 is 30.5 Å². The van der Waals surface area contributed by atoms with E-state index in [-0.39, 0.29) is 46.2 Å². The molecule has 10 nitrogen and oxygen atoms in total. The Morgan fingerprint density at radius 1 is 1.10 bits per heavy atom. The summed E-state index contributed by atoms with van der Waals surface area (Å²) < 4.78 is 12.6. The van der Waals surface area contributed by atoms with Crippen LogP contribution in [0.2, 0.25) is 0 Å². The van der Waals surface area contributed by atoms with Crippen LogP contribution in [0.25, 0.3) is 0 Å². The Hall–Kier alpha value is -4.02. The first-order valence-corrected chi connectivity index (χ1v) is 13.6. The van der Waals surface area contributed by atoms with Gasteiger partial charge in [-0.3, -0.25) is 14.8 Å². The summed E-state index contributed by atoms with van der Waals surface area (Å²) >= 11 is 0. The van der Waals surface area contributed by atoms with E-state index >= 15 is 0 Å². The van der Waals surface area contributed by atoms with Gasteiger partial charge in [0.15, 0.2) is 11.5 Å².